The van der Waals surface area contributed by atoms with Crippen LogP contribution >= 0.6 is 12.2 Å². The Morgan fingerprint density at radius 3 is 3.17 bits per heavy atom. The van der Waals surface area contributed by atoms with E-state index in [1.54, 1.807) is 6.20 Å². The third-order valence-electron chi connectivity index (χ3n) is 3.19. The molecule has 0 aliphatic carbocycles. The predicted molar refractivity (Wildman–Crippen MR) is 76.9 cm³/mol. The minimum atomic E-state index is 0.385. The van der Waals surface area contributed by atoms with Crippen molar-refractivity contribution in [2.75, 3.05) is 18.5 Å². The van der Waals surface area contributed by atoms with Crippen molar-refractivity contribution in [3.8, 4) is 0 Å². The number of aromatic nitrogens is 1. The zero-order chi connectivity index (χ0) is 13.0. The van der Waals surface area contributed by atoms with Crippen LogP contribution in [0.2, 0.25) is 0 Å². The first-order valence-corrected chi connectivity index (χ1v) is 6.70. The highest BCUT2D eigenvalue weighted by molar-refractivity contribution is 7.80. The zero-order valence-corrected chi connectivity index (χ0v) is 11.4. The van der Waals surface area contributed by atoms with Crippen molar-refractivity contribution >= 4 is 23.0 Å². The molecule has 0 spiro atoms. The second kappa shape index (κ2) is 6.11. The van der Waals surface area contributed by atoms with Gasteiger partial charge in [-0.05, 0) is 37.8 Å². The average Bonchev–Trinajstić information content (AvgIpc) is 2.81. The van der Waals surface area contributed by atoms with Gasteiger partial charge in [0.2, 0.25) is 0 Å². The topological polar surface area (TPSA) is 60.2 Å². The van der Waals surface area contributed by atoms with Crippen molar-refractivity contribution in [1.29, 1.82) is 0 Å². The van der Waals surface area contributed by atoms with Crippen molar-refractivity contribution in [3.63, 3.8) is 0 Å². The summed E-state index contributed by atoms with van der Waals surface area (Å²) in [6.45, 7) is 3.71. The van der Waals surface area contributed by atoms with Crippen LogP contribution in [0.15, 0.2) is 12.3 Å². The molecule has 1 unspecified atom stereocenters. The van der Waals surface area contributed by atoms with Crippen molar-refractivity contribution in [1.82, 2.24) is 4.98 Å². The molecular formula is C13H19N3OS. The van der Waals surface area contributed by atoms with Crippen LogP contribution in [-0.2, 0) is 4.74 Å². The first-order valence-electron chi connectivity index (χ1n) is 6.29. The molecule has 4 nitrogen and oxygen atoms in total. The molecule has 98 valence electrons. The molecule has 1 aromatic heterocycles. The van der Waals surface area contributed by atoms with Gasteiger partial charge in [0.1, 0.15) is 10.8 Å². The molecule has 0 bridgehead atoms. The Labute approximate surface area is 113 Å². The van der Waals surface area contributed by atoms with Gasteiger partial charge in [-0.2, -0.15) is 0 Å². The fraction of sp³-hybridized carbons (Fsp3) is 0.538. The van der Waals surface area contributed by atoms with Crippen LogP contribution in [0, 0.1) is 6.92 Å². The van der Waals surface area contributed by atoms with Gasteiger partial charge in [0.25, 0.3) is 0 Å². The zero-order valence-electron chi connectivity index (χ0n) is 10.6. The van der Waals surface area contributed by atoms with Crippen LogP contribution in [0.4, 0.5) is 5.82 Å². The normalized spacial score (nSPS) is 18.8. The van der Waals surface area contributed by atoms with Crippen LogP contribution in [-0.4, -0.2) is 29.2 Å². The SMILES string of the molecule is Cc1ccnc(NCCC2CCCO2)c1C(N)=S. The number of thiocarbonyl (C=S) groups is 1. The van der Waals surface area contributed by atoms with E-state index in [1.165, 1.54) is 6.42 Å². The minimum absolute atomic E-state index is 0.385. The van der Waals surface area contributed by atoms with E-state index in [0.29, 0.717) is 11.1 Å². The lowest BCUT2D eigenvalue weighted by Gasteiger charge is -2.14. The summed E-state index contributed by atoms with van der Waals surface area (Å²) >= 11 is 5.07. The number of hydrogen-bond acceptors (Lipinski definition) is 4. The largest absolute Gasteiger partial charge is 0.389 e. The summed E-state index contributed by atoms with van der Waals surface area (Å²) in [6, 6.07) is 1.92. The first-order chi connectivity index (χ1) is 8.68. The molecule has 0 amide bonds. The molecule has 1 aromatic rings. The lowest BCUT2D eigenvalue weighted by Crippen LogP contribution is -2.18. The highest BCUT2D eigenvalue weighted by atomic mass is 32.1. The molecular weight excluding hydrogens is 246 g/mol. The monoisotopic (exact) mass is 265 g/mol. The lowest BCUT2D eigenvalue weighted by molar-refractivity contribution is 0.107. The van der Waals surface area contributed by atoms with Gasteiger partial charge in [-0.25, -0.2) is 4.98 Å². The second-order valence-corrected chi connectivity index (χ2v) is 5.01. The molecule has 1 aliphatic heterocycles. The van der Waals surface area contributed by atoms with Gasteiger partial charge in [-0.3, -0.25) is 0 Å². The van der Waals surface area contributed by atoms with Gasteiger partial charge in [0, 0.05) is 19.3 Å². The molecule has 1 atom stereocenters. The van der Waals surface area contributed by atoms with E-state index < -0.39 is 0 Å². The number of hydrogen-bond donors (Lipinski definition) is 2. The summed E-state index contributed by atoms with van der Waals surface area (Å²) < 4.78 is 5.58. The summed E-state index contributed by atoms with van der Waals surface area (Å²) in [5.41, 5.74) is 7.64. The standard InChI is InChI=1S/C13H19N3OS/c1-9-4-6-15-13(11(9)12(14)18)16-7-5-10-3-2-8-17-10/h4,6,10H,2-3,5,7-8H2,1H3,(H2,14,18)(H,15,16). The number of nitrogens with one attached hydrogen (secondary N) is 1. The van der Waals surface area contributed by atoms with Gasteiger partial charge in [-0.1, -0.05) is 12.2 Å². The van der Waals surface area contributed by atoms with E-state index in [9.17, 15) is 0 Å². The van der Waals surface area contributed by atoms with Gasteiger partial charge in [-0.15, -0.1) is 0 Å². The Balaban J connectivity index is 1.96. The second-order valence-electron chi connectivity index (χ2n) is 4.57. The number of rotatable bonds is 5. The molecule has 0 radical (unpaired) electrons. The molecule has 2 heterocycles. The van der Waals surface area contributed by atoms with Crippen LogP contribution in [0.25, 0.3) is 0 Å². The quantitative estimate of drug-likeness (QED) is 0.797. The van der Waals surface area contributed by atoms with Gasteiger partial charge in [0.05, 0.1) is 11.7 Å². The minimum Gasteiger partial charge on any atom is -0.389 e. The van der Waals surface area contributed by atoms with Crippen molar-refractivity contribution in [2.24, 2.45) is 5.73 Å². The number of pyridine rings is 1. The number of aryl methyl sites for hydroxylation is 1. The maximum Gasteiger partial charge on any atom is 0.136 e. The Kier molecular flexibility index (Phi) is 4.49. The summed E-state index contributed by atoms with van der Waals surface area (Å²) in [6.07, 6.45) is 5.48. The summed E-state index contributed by atoms with van der Waals surface area (Å²) in [5, 5.41) is 3.30. The highest BCUT2D eigenvalue weighted by Crippen LogP contribution is 2.18. The summed E-state index contributed by atoms with van der Waals surface area (Å²) in [4.78, 5) is 4.69. The molecule has 0 aromatic carbocycles. The van der Waals surface area contributed by atoms with Crippen molar-refractivity contribution < 1.29 is 4.74 Å². The third-order valence-corrected chi connectivity index (χ3v) is 3.39. The van der Waals surface area contributed by atoms with Crippen LogP contribution in [0.5, 0.6) is 0 Å². The van der Waals surface area contributed by atoms with E-state index in [4.69, 9.17) is 22.7 Å². The van der Waals surface area contributed by atoms with Crippen LogP contribution < -0.4 is 11.1 Å². The Bertz CT molecular complexity index is 430. The van der Waals surface area contributed by atoms with Gasteiger partial charge < -0.3 is 15.8 Å². The lowest BCUT2D eigenvalue weighted by atomic mass is 10.1. The highest BCUT2D eigenvalue weighted by Gasteiger charge is 2.15. The predicted octanol–water partition coefficient (Wildman–Crippen LogP) is 2.01. The Hall–Kier alpha value is -1.20. The molecule has 1 fully saturated rings. The molecule has 3 N–H and O–H groups in total. The number of ether oxygens (including phenoxy) is 1. The summed E-state index contributed by atoms with van der Waals surface area (Å²) in [7, 11) is 0. The fourth-order valence-corrected chi connectivity index (χ4v) is 2.48. The van der Waals surface area contributed by atoms with Crippen LogP contribution in [0.1, 0.15) is 30.4 Å². The smallest absolute Gasteiger partial charge is 0.136 e. The van der Waals surface area contributed by atoms with Crippen LogP contribution in [0.3, 0.4) is 0 Å². The third kappa shape index (κ3) is 3.17. The molecule has 2 rings (SSSR count). The van der Waals surface area contributed by atoms with Crippen molar-refractivity contribution in [2.45, 2.75) is 32.3 Å². The molecule has 0 saturated carbocycles. The Morgan fingerprint density at radius 2 is 2.50 bits per heavy atom. The molecule has 1 saturated heterocycles. The van der Waals surface area contributed by atoms with E-state index in [2.05, 4.69) is 10.3 Å². The van der Waals surface area contributed by atoms with Gasteiger partial charge in [0.15, 0.2) is 0 Å². The molecule has 5 heteroatoms. The summed E-state index contributed by atoms with van der Waals surface area (Å²) in [5.74, 6) is 0.778. The average molecular weight is 265 g/mol. The number of nitrogens with zero attached hydrogens (tertiary/aromatic N) is 1. The number of anilines is 1. The Morgan fingerprint density at radius 1 is 1.67 bits per heavy atom. The fourth-order valence-electron chi connectivity index (χ4n) is 2.23. The van der Waals surface area contributed by atoms with E-state index in [0.717, 1.165) is 42.9 Å². The van der Waals surface area contributed by atoms with Gasteiger partial charge >= 0.3 is 0 Å². The first kappa shape index (κ1) is 13.2. The van der Waals surface area contributed by atoms with E-state index in [1.807, 2.05) is 13.0 Å². The van der Waals surface area contributed by atoms with E-state index in [-0.39, 0.29) is 0 Å². The molecule has 18 heavy (non-hydrogen) atoms. The van der Waals surface area contributed by atoms with E-state index >= 15 is 0 Å². The molecule has 1 aliphatic rings. The maximum atomic E-state index is 5.74. The maximum absolute atomic E-state index is 5.74. The number of nitrogens with two attached hydrogens (primary N) is 1. The van der Waals surface area contributed by atoms with Crippen molar-refractivity contribution in [3.05, 3.63) is 23.4 Å².